The van der Waals surface area contributed by atoms with Crippen LogP contribution in [-0.4, -0.2) is 64.0 Å². The number of aromatic nitrogens is 5. The van der Waals surface area contributed by atoms with Crippen LogP contribution in [0.1, 0.15) is 36.1 Å². The number of hydrogen-bond donors (Lipinski definition) is 1. The second kappa shape index (κ2) is 11.7. The van der Waals surface area contributed by atoms with Crippen molar-refractivity contribution >= 4 is 27.5 Å². The Hall–Kier alpha value is -3.88. The molecule has 0 radical (unpaired) electrons. The summed E-state index contributed by atoms with van der Waals surface area (Å²) >= 11 is 1.17. The van der Waals surface area contributed by atoms with Crippen molar-refractivity contribution in [2.24, 2.45) is 0 Å². The topological polar surface area (TPSA) is 132 Å². The van der Waals surface area contributed by atoms with Crippen molar-refractivity contribution in [1.29, 1.82) is 0 Å². The molecule has 0 unspecified atom stereocenters. The molecule has 14 heteroatoms. The molecule has 2 atom stereocenters. The number of piperidine rings is 1. The fourth-order valence-corrected chi connectivity index (χ4v) is 6.16. The highest BCUT2D eigenvalue weighted by Crippen LogP contribution is 2.34. The van der Waals surface area contributed by atoms with Gasteiger partial charge in [0, 0.05) is 24.8 Å². The van der Waals surface area contributed by atoms with Gasteiger partial charge in [-0.25, -0.2) is 13.8 Å². The average molecular weight is 573 g/mol. The van der Waals surface area contributed by atoms with Gasteiger partial charge in [-0.05, 0) is 38.0 Å². The van der Waals surface area contributed by atoms with E-state index in [1.165, 1.54) is 65.5 Å². The van der Waals surface area contributed by atoms with Gasteiger partial charge in [-0.2, -0.15) is 10.2 Å². The van der Waals surface area contributed by atoms with Crippen LogP contribution in [0, 0.1) is 12.7 Å². The van der Waals surface area contributed by atoms with Gasteiger partial charge in [0.25, 0.3) is 5.56 Å². The lowest BCUT2D eigenvalue weighted by Crippen LogP contribution is -2.49. The first-order valence-electron chi connectivity index (χ1n) is 12.7. The number of ether oxygens (including phenoxy) is 3. The fourth-order valence-electron chi connectivity index (χ4n) is 4.94. The summed E-state index contributed by atoms with van der Waals surface area (Å²) < 4.78 is 33.5. The second-order valence-corrected chi connectivity index (χ2v) is 10.3. The number of thiophene rings is 1. The SMILES string of the molecule is COCCO[C@@H](Cn1c(=O)n([C@H]2CCCNC2=O)c(=O)c2c(C)c(-n3nccn3)sc21)c1cc(F)ccc1OC. The molecular formula is C26H29FN6O6S. The van der Waals surface area contributed by atoms with Gasteiger partial charge < -0.3 is 19.5 Å². The van der Waals surface area contributed by atoms with Gasteiger partial charge in [0.05, 0.1) is 44.6 Å². The van der Waals surface area contributed by atoms with Gasteiger partial charge in [-0.15, -0.1) is 4.80 Å². The lowest BCUT2D eigenvalue weighted by atomic mass is 10.1. The highest BCUT2D eigenvalue weighted by atomic mass is 32.1. The van der Waals surface area contributed by atoms with Crippen LogP contribution in [-0.2, 0) is 20.8 Å². The molecule has 1 aliphatic heterocycles. The zero-order valence-electron chi connectivity index (χ0n) is 22.3. The number of nitrogens with one attached hydrogen (secondary N) is 1. The molecule has 4 aromatic rings. The van der Waals surface area contributed by atoms with Gasteiger partial charge in [0.15, 0.2) is 0 Å². The summed E-state index contributed by atoms with van der Waals surface area (Å²) in [5.41, 5.74) is -0.281. The normalized spacial score (nSPS) is 16.3. The molecule has 3 aromatic heterocycles. The van der Waals surface area contributed by atoms with E-state index in [-0.39, 0.29) is 25.1 Å². The third-order valence-electron chi connectivity index (χ3n) is 6.88. The fraction of sp³-hybridized carbons (Fsp3) is 0.423. The second-order valence-electron chi connectivity index (χ2n) is 9.29. The van der Waals surface area contributed by atoms with Crippen molar-refractivity contribution in [3.63, 3.8) is 0 Å². The van der Waals surface area contributed by atoms with Crippen LogP contribution < -0.4 is 21.3 Å². The number of carbonyl (C=O) groups excluding carboxylic acids is 1. The maximum absolute atomic E-state index is 14.4. The lowest BCUT2D eigenvalue weighted by molar-refractivity contribution is -0.126. The Labute approximate surface area is 231 Å². The highest BCUT2D eigenvalue weighted by Gasteiger charge is 2.31. The summed E-state index contributed by atoms with van der Waals surface area (Å²) in [6.45, 7) is 2.53. The van der Waals surface area contributed by atoms with Crippen molar-refractivity contribution in [3.05, 3.63) is 68.4 Å². The monoisotopic (exact) mass is 572 g/mol. The van der Waals surface area contributed by atoms with Gasteiger partial charge in [-0.3, -0.25) is 14.2 Å². The first-order valence-corrected chi connectivity index (χ1v) is 13.5. The van der Waals surface area contributed by atoms with E-state index >= 15 is 0 Å². The number of benzene rings is 1. The molecule has 12 nitrogen and oxygen atoms in total. The van der Waals surface area contributed by atoms with E-state index in [0.717, 1.165) is 4.57 Å². The molecule has 4 heterocycles. The number of hydrogen-bond acceptors (Lipinski definition) is 9. The zero-order valence-corrected chi connectivity index (χ0v) is 23.1. The first-order chi connectivity index (χ1) is 19.3. The third-order valence-corrected chi connectivity index (χ3v) is 8.16. The smallest absolute Gasteiger partial charge is 0.332 e. The summed E-state index contributed by atoms with van der Waals surface area (Å²) in [6, 6.07) is 3.08. The van der Waals surface area contributed by atoms with Gasteiger partial charge in [0.2, 0.25) is 5.91 Å². The molecule has 5 rings (SSSR count). The van der Waals surface area contributed by atoms with E-state index in [2.05, 4.69) is 15.5 Å². The van der Waals surface area contributed by atoms with E-state index in [0.29, 0.717) is 46.1 Å². The molecular weight excluding hydrogens is 543 g/mol. The minimum absolute atomic E-state index is 0.0978. The predicted octanol–water partition coefficient (Wildman–Crippen LogP) is 2.12. The molecule has 0 aliphatic carbocycles. The maximum atomic E-state index is 14.4. The standard InChI is InChI=1S/C26H29FN6O6S/c1-15-21-23(35)32(18-5-4-8-28-22(18)34)26(36)31(25(21)40-24(15)33-29-9-10-30-33)14-20(39-12-11-37-2)17-13-16(27)6-7-19(17)38-3/h6-7,9-10,13,18,20H,4-5,8,11-12,14H2,1-3H3,(H,28,34)/t18-,20-/m0/s1. The number of fused-ring (bicyclic) bond motifs is 1. The summed E-state index contributed by atoms with van der Waals surface area (Å²) in [6.07, 6.45) is 3.12. The van der Waals surface area contributed by atoms with E-state index < -0.39 is 35.1 Å². The summed E-state index contributed by atoms with van der Waals surface area (Å²) in [4.78, 5) is 42.5. The first kappa shape index (κ1) is 27.7. The Morgan fingerprint density at radius 3 is 2.65 bits per heavy atom. The Morgan fingerprint density at radius 2 is 1.95 bits per heavy atom. The van der Waals surface area contributed by atoms with E-state index in [1.54, 1.807) is 6.92 Å². The van der Waals surface area contributed by atoms with E-state index in [9.17, 15) is 18.8 Å². The molecule has 40 heavy (non-hydrogen) atoms. The molecule has 0 bridgehead atoms. The summed E-state index contributed by atoms with van der Waals surface area (Å²) in [5, 5.41) is 12.0. The Balaban J connectivity index is 1.75. The molecule has 1 N–H and O–H groups in total. The Bertz CT molecular complexity index is 1650. The molecule has 1 fully saturated rings. The largest absolute Gasteiger partial charge is 0.496 e. The van der Waals surface area contributed by atoms with Crippen molar-refractivity contribution < 1.29 is 23.4 Å². The lowest BCUT2D eigenvalue weighted by Gasteiger charge is -2.26. The molecule has 1 amide bonds. The number of carbonyl (C=O) groups is 1. The Morgan fingerprint density at radius 1 is 1.18 bits per heavy atom. The van der Waals surface area contributed by atoms with Gasteiger partial charge >= 0.3 is 5.69 Å². The maximum Gasteiger partial charge on any atom is 0.332 e. The van der Waals surface area contributed by atoms with E-state index in [4.69, 9.17) is 14.2 Å². The average Bonchev–Trinajstić information content (AvgIpc) is 3.59. The van der Waals surface area contributed by atoms with Crippen LogP contribution in [0.3, 0.4) is 0 Å². The van der Waals surface area contributed by atoms with E-state index in [1.807, 2.05) is 0 Å². The van der Waals surface area contributed by atoms with Crippen molar-refractivity contribution in [3.8, 4) is 10.8 Å². The zero-order chi connectivity index (χ0) is 28.4. The molecule has 1 aromatic carbocycles. The van der Waals surface area contributed by atoms with Crippen molar-refractivity contribution in [2.45, 2.75) is 38.5 Å². The molecule has 0 saturated carbocycles. The molecule has 0 spiro atoms. The van der Waals surface area contributed by atoms with Crippen LogP contribution in [0.15, 0.2) is 40.2 Å². The number of methoxy groups -OCH3 is 2. The van der Waals surface area contributed by atoms with Crippen LogP contribution in [0.25, 0.3) is 15.2 Å². The number of amides is 1. The minimum atomic E-state index is -0.966. The van der Waals surface area contributed by atoms with Crippen molar-refractivity contribution in [1.82, 2.24) is 29.4 Å². The minimum Gasteiger partial charge on any atom is -0.496 e. The number of aryl methyl sites for hydroxylation is 1. The molecule has 1 aliphatic rings. The van der Waals surface area contributed by atoms with Crippen LogP contribution in [0.2, 0.25) is 0 Å². The van der Waals surface area contributed by atoms with Crippen LogP contribution >= 0.6 is 11.3 Å². The summed E-state index contributed by atoms with van der Waals surface area (Å²) in [5.74, 6) is -0.522. The van der Waals surface area contributed by atoms with Gasteiger partial charge in [0.1, 0.15) is 33.5 Å². The predicted molar refractivity (Wildman–Crippen MR) is 145 cm³/mol. The third kappa shape index (κ3) is 5.05. The van der Waals surface area contributed by atoms with Crippen molar-refractivity contribution in [2.75, 3.05) is 34.0 Å². The summed E-state index contributed by atoms with van der Waals surface area (Å²) in [7, 11) is 2.99. The van der Waals surface area contributed by atoms with Gasteiger partial charge in [-0.1, -0.05) is 11.3 Å². The van der Waals surface area contributed by atoms with Crippen LogP contribution in [0.4, 0.5) is 4.39 Å². The molecule has 212 valence electrons. The van der Waals surface area contributed by atoms with Crippen LogP contribution in [0.5, 0.6) is 5.75 Å². The number of rotatable bonds is 10. The highest BCUT2D eigenvalue weighted by molar-refractivity contribution is 7.21. The number of nitrogens with zero attached hydrogens (tertiary/aromatic N) is 5. The Kier molecular flexibility index (Phi) is 8.09. The molecule has 1 saturated heterocycles. The quantitative estimate of drug-likeness (QED) is 0.286. The number of halogens is 1.